The van der Waals surface area contributed by atoms with Gasteiger partial charge in [0.2, 0.25) is 0 Å². The van der Waals surface area contributed by atoms with Gasteiger partial charge in [-0.1, -0.05) is 0 Å². The van der Waals surface area contributed by atoms with Crippen molar-refractivity contribution < 1.29 is 9.32 Å². The van der Waals surface area contributed by atoms with Crippen LogP contribution in [0.3, 0.4) is 0 Å². The van der Waals surface area contributed by atoms with Crippen molar-refractivity contribution in [3.63, 3.8) is 0 Å². The molecule has 1 aromatic rings. The first-order chi connectivity index (χ1) is 4.79. The summed E-state index contributed by atoms with van der Waals surface area (Å²) in [7, 11) is 0. The van der Waals surface area contributed by atoms with Gasteiger partial charge >= 0.3 is 0 Å². The Morgan fingerprint density at radius 1 is 1.80 bits per heavy atom. The van der Waals surface area contributed by atoms with Gasteiger partial charge in [0.05, 0.1) is 0 Å². The van der Waals surface area contributed by atoms with Crippen molar-refractivity contribution >= 4 is 5.78 Å². The molecule has 0 fully saturated rings. The molecule has 0 atom stereocenters. The molecule has 1 rings (SSSR count). The molecule has 1 aromatic heterocycles. The van der Waals surface area contributed by atoms with E-state index in [4.69, 9.17) is 0 Å². The van der Waals surface area contributed by atoms with Gasteiger partial charge in [-0.2, -0.15) is 0 Å². The maximum atomic E-state index is 10.5. The van der Waals surface area contributed by atoms with Crippen LogP contribution in [-0.4, -0.2) is 16.2 Å². The summed E-state index contributed by atoms with van der Waals surface area (Å²) in [6.07, 6.45) is 2.58. The lowest BCUT2D eigenvalue weighted by atomic mass is 10.2. The molecule has 0 aromatic carbocycles. The quantitative estimate of drug-likeness (QED) is 0.616. The molecule has 4 heteroatoms. The third-order valence-corrected chi connectivity index (χ3v) is 1.14. The standard InChI is InChI=1S/C6H8N2O2/c1-5(9)2-3-6-4-10-8-7-6/h4H,2-3H2,1H3. The number of rotatable bonds is 3. The number of ketones is 1. The minimum atomic E-state index is 0.156. The van der Waals surface area contributed by atoms with E-state index < -0.39 is 0 Å². The molecule has 54 valence electrons. The van der Waals surface area contributed by atoms with E-state index in [0.717, 1.165) is 5.69 Å². The van der Waals surface area contributed by atoms with E-state index in [2.05, 4.69) is 14.9 Å². The van der Waals surface area contributed by atoms with Gasteiger partial charge in [-0.25, -0.2) is 0 Å². The number of nitrogens with zero attached hydrogens (tertiary/aromatic N) is 2. The Hall–Kier alpha value is -1.19. The van der Waals surface area contributed by atoms with Gasteiger partial charge < -0.3 is 9.32 Å². The number of carbonyl (C=O) groups is 1. The molecule has 0 saturated carbocycles. The van der Waals surface area contributed by atoms with Crippen LogP contribution in [0.1, 0.15) is 19.0 Å². The lowest BCUT2D eigenvalue weighted by molar-refractivity contribution is -0.116. The Balaban J connectivity index is 2.35. The molecule has 0 aliphatic carbocycles. The van der Waals surface area contributed by atoms with Crippen molar-refractivity contribution in [3.05, 3.63) is 12.0 Å². The highest BCUT2D eigenvalue weighted by atomic mass is 16.5. The Morgan fingerprint density at radius 2 is 2.60 bits per heavy atom. The zero-order chi connectivity index (χ0) is 7.40. The molecule has 0 spiro atoms. The molecule has 0 aliphatic rings. The predicted octanol–water partition coefficient (Wildman–Crippen LogP) is 0.591. The van der Waals surface area contributed by atoms with Gasteiger partial charge in [0.1, 0.15) is 17.7 Å². The summed E-state index contributed by atoms with van der Waals surface area (Å²) in [5.41, 5.74) is 0.732. The van der Waals surface area contributed by atoms with E-state index in [9.17, 15) is 4.79 Å². The van der Waals surface area contributed by atoms with Crippen molar-refractivity contribution in [3.8, 4) is 0 Å². The van der Waals surface area contributed by atoms with Crippen LogP contribution in [0.5, 0.6) is 0 Å². The first kappa shape index (κ1) is 6.92. The lowest BCUT2D eigenvalue weighted by Gasteiger charge is -1.87. The van der Waals surface area contributed by atoms with Crippen LogP contribution >= 0.6 is 0 Å². The number of hydrogen-bond donors (Lipinski definition) is 0. The largest absolute Gasteiger partial charge is 0.345 e. The average molecular weight is 140 g/mol. The molecule has 4 nitrogen and oxygen atoms in total. The highest BCUT2D eigenvalue weighted by Crippen LogP contribution is 1.96. The van der Waals surface area contributed by atoms with Crippen LogP contribution in [0.4, 0.5) is 0 Å². The Morgan fingerprint density at radius 3 is 3.10 bits per heavy atom. The van der Waals surface area contributed by atoms with E-state index in [0.29, 0.717) is 12.8 Å². The van der Waals surface area contributed by atoms with E-state index in [-0.39, 0.29) is 5.78 Å². The van der Waals surface area contributed by atoms with E-state index in [1.165, 1.54) is 6.26 Å². The van der Waals surface area contributed by atoms with Crippen molar-refractivity contribution in [2.75, 3.05) is 0 Å². The summed E-state index contributed by atoms with van der Waals surface area (Å²) in [6, 6.07) is 0. The van der Waals surface area contributed by atoms with Crippen molar-refractivity contribution in [2.45, 2.75) is 19.8 Å². The zero-order valence-electron chi connectivity index (χ0n) is 5.70. The van der Waals surface area contributed by atoms with E-state index in [1.807, 2.05) is 0 Å². The monoisotopic (exact) mass is 140 g/mol. The number of carbonyl (C=O) groups excluding carboxylic acids is 1. The number of aromatic nitrogens is 2. The van der Waals surface area contributed by atoms with E-state index >= 15 is 0 Å². The summed E-state index contributed by atoms with van der Waals surface area (Å²) >= 11 is 0. The fourth-order valence-electron chi connectivity index (χ4n) is 0.597. The molecule has 0 N–H and O–H groups in total. The number of Topliss-reactive ketones (excluding diaryl/α,β-unsaturated/α-hetero) is 1. The van der Waals surface area contributed by atoms with Crippen molar-refractivity contribution in [2.24, 2.45) is 0 Å². The molecule has 0 aliphatic heterocycles. The summed E-state index contributed by atoms with van der Waals surface area (Å²) in [5, 5.41) is 6.88. The molecule has 0 bridgehead atoms. The minimum absolute atomic E-state index is 0.156. The summed E-state index contributed by atoms with van der Waals surface area (Å²) in [6.45, 7) is 1.55. The fourth-order valence-corrected chi connectivity index (χ4v) is 0.597. The van der Waals surface area contributed by atoms with E-state index in [1.54, 1.807) is 6.92 Å². The Labute approximate surface area is 58.2 Å². The normalized spacial score (nSPS) is 9.70. The minimum Gasteiger partial charge on any atom is -0.345 e. The zero-order valence-corrected chi connectivity index (χ0v) is 5.70. The fraction of sp³-hybridized carbons (Fsp3) is 0.500. The molecular weight excluding hydrogens is 132 g/mol. The lowest BCUT2D eigenvalue weighted by Crippen LogP contribution is -1.93. The summed E-state index contributed by atoms with van der Waals surface area (Å²) in [4.78, 5) is 10.5. The number of aryl methyl sites for hydroxylation is 1. The van der Waals surface area contributed by atoms with Gasteiger partial charge in [0.25, 0.3) is 0 Å². The second-order valence-electron chi connectivity index (χ2n) is 2.10. The first-order valence-electron chi connectivity index (χ1n) is 3.04. The predicted molar refractivity (Wildman–Crippen MR) is 33.3 cm³/mol. The highest BCUT2D eigenvalue weighted by Gasteiger charge is 1.98. The smallest absolute Gasteiger partial charge is 0.147 e. The molecule has 0 amide bonds. The Bertz CT molecular complexity index is 206. The molecular formula is C6H8N2O2. The summed E-state index contributed by atoms with van der Waals surface area (Å²) < 4.78 is 4.47. The molecule has 0 radical (unpaired) electrons. The molecule has 1 heterocycles. The number of hydrogen-bond acceptors (Lipinski definition) is 4. The van der Waals surface area contributed by atoms with Gasteiger partial charge in [0, 0.05) is 18.1 Å². The third kappa shape index (κ3) is 1.97. The van der Waals surface area contributed by atoms with Crippen LogP contribution < -0.4 is 0 Å². The van der Waals surface area contributed by atoms with Gasteiger partial charge in [0.15, 0.2) is 0 Å². The van der Waals surface area contributed by atoms with Crippen LogP contribution in [0, 0.1) is 0 Å². The molecule has 0 unspecified atom stereocenters. The summed E-state index contributed by atoms with van der Waals surface area (Å²) in [5.74, 6) is 0.156. The van der Waals surface area contributed by atoms with Gasteiger partial charge in [-0.05, 0) is 6.92 Å². The second-order valence-corrected chi connectivity index (χ2v) is 2.10. The van der Waals surface area contributed by atoms with Crippen LogP contribution in [0.2, 0.25) is 0 Å². The van der Waals surface area contributed by atoms with Crippen molar-refractivity contribution in [1.82, 2.24) is 10.4 Å². The maximum absolute atomic E-state index is 10.5. The van der Waals surface area contributed by atoms with Crippen LogP contribution in [-0.2, 0) is 11.2 Å². The third-order valence-electron chi connectivity index (χ3n) is 1.14. The topological polar surface area (TPSA) is 56.0 Å². The van der Waals surface area contributed by atoms with Gasteiger partial charge in [-0.15, -0.1) is 5.10 Å². The van der Waals surface area contributed by atoms with Crippen LogP contribution in [0.15, 0.2) is 10.8 Å². The Kier molecular flexibility index (Phi) is 2.15. The first-order valence-corrected chi connectivity index (χ1v) is 3.04. The SMILES string of the molecule is CC(=O)CCc1conn1. The highest BCUT2D eigenvalue weighted by molar-refractivity contribution is 5.75. The average Bonchev–Trinajstić information content (AvgIpc) is 2.34. The van der Waals surface area contributed by atoms with Gasteiger partial charge in [-0.3, -0.25) is 0 Å². The van der Waals surface area contributed by atoms with Crippen molar-refractivity contribution in [1.29, 1.82) is 0 Å². The molecule has 0 saturated heterocycles. The maximum Gasteiger partial charge on any atom is 0.147 e. The second kappa shape index (κ2) is 3.10. The van der Waals surface area contributed by atoms with Crippen LogP contribution in [0.25, 0.3) is 0 Å². The molecule has 10 heavy (non-hydrogen) atoms.